The molecule has 2 fully saturated rings. The first-order chi connectivity index (χ1) is 9.66. The highest BCUT2D eigenvalue weighted by atomic mass is 35.5. The van der Waals surface area contributed by atoms with Crippen LogP contribution in [0.5, 0.6) is 0 Å². The highest BCUT2D eigenvalue weighted by Gasteiger charge is 2.38. The van der Waals surface area contributed by atoms with Crippen LogP contribution in [0.15, 0.2) is 18.2 Å². The molecule has 1 aromatic rings. The third-order valence-corrected chi connectivity index (χ3v) is 4.69. The number of halogens is 2. The van der Waals surface area contributed by atoms with Crippen molar-refractivity contribution in [3.8, 4) is 0 Å². The van der Waals surface area contributed by atoms with Gasteiger partial charge < -0.3 is 10.2 Å². The van der Waals surface area contributed by atoms with Gasteiger partial charge in [-0.2, -0.15) is 0 Å². The molecule has 20 heavy (non-hydrogen) atoms. The van der Waals surface area contributed by atoms with E-state index in [1.807, 2.05) is 4.90 Å². The van der Waals surface area contributed by atoms with Crippen molar-refractivity contribution in [1.82, 2.24) is 10.2 Å². The minimum Gasteiger partial charge on any atom is -0.335 e. The molecule has 108 valence electrons. The summed E-state index contributed by atoms with van der Waals surface area (Å²) in [5.41, 5.74) is 0.316. The average Bonchev–Trinajstić information content (AvgIpc) is 2.67. The summed E-state index contributed by atoms with van der Waals surface area (Å²) in [6.45, 7) is 1.79. The maximum absolute atomic E-state index is 13.8. The lowest BCUT2D eigenvalue weighted by Crippen LogP contribution is -2.43. The van der Waals surface area contributed by atoms with E-state index in [0.29, 0.717) is 16.6 Å². The van der Waals surface area contributed by atoms with Gasteiger partial charge in [-0.15, -0.1) is 0 Å². The van der Waals surface area contributed by atoms with Crippen LogP contribution in [0, 0.1) is 5.82 Å². The largest absolute Gasteiger partial charge is 0.335 e. The molecular formula is C15H18ClFN2O. The van der Waals surface area contributed by atoms with Crippen molar-refractivity contribution in [2.75, 3.05) is 13.1 Å². The third-order valence-electron chi connectivity index (χ3n) is 4.33. The second-order valence-electron chi connectivity index (χ2n) is 5.56. The predicted octanol–water partition coefficient (Wildman–Crippen LogP) is 2.37. The Morgan fingerprint density at radius 2 is 2.15 bits per heavy atom. The summed E-state index contributed by atoms with van der Waals surface area (Å²) in [4.78, 5) is 14.5. The molecule has 0 radical (unpaired) electrons. The Balaban J connectivity index is 1.79. The predicted molar refractivity (Wildman–Crippen MR) is 76.3 cm³/mol. The third kappa shape index (κ3) is 2.54. The number of hydrogen-bond donors (Lipinski definition) is 1. The summed E-state index contributed by atoms with van der Waals surface area (Å²) in [7, 11) is 0. The lowest BCUT2D eigenvalue weighted by atomic mass is 10.1. The Bertz CT molecular complexity index is 488. The molecule has 3 nitrogen and oxygen atoms in total. The van der Waals surface area contributed by atoms with Crippen molar-refractivity contribution in [1.29, 1.82) is 0 Å². The molecule has 2 saturated heterocycles. The molecule has 2 atom stereocenters. The Morgan fingerprint density at radius 3 is 2.95 bits per heavy atom. The molecule has 0 aliphatic carbocycles. The van der Waals surface area contributed by atoms with E-state index in [1.54, 1.807) is 12.1 Å². The van der Waals surface area contributed by atoms with Crippen LogP contribution in [-0.2, 0) is 11.2 Å². The molecule has 0 aromatic heterocycles. The summed E-state index contributed by atoms with van der Waals surface area (Å²) in [6.07, 6.45) is 3.13. The molecule has 0 saturated carbocycles. The van der Waals surface area contributed by atoms with Gasteiger partial charge in [-0.3, -0.25) is 4.79 Å². The van der Waals surface area contributed by atoms with Crippen LogP contribution in [0.25, 0.3) is 0 Å². The van der Waals surface area contributed by atoms with Crippen LogP contribution in [-0.4, -0.2) is 36.0 Å². The Kier molecular flexibility index (Phi) is 3.94. The van der Waals surface area contributed by atoms with Crippen LogP contribution >= 0.6 is 11.6 Å². The highest BCUT2D eigenvalue weighted by Crippen LogP contribution is 2.29. The molecule has 2 aliphatic rings. The zero-order valence-electron chi connectivity index (χ0n) is 11.2. The number of nitrogens with one attached hydrogen (secondary N) is 1. The highest BCUT2D eigenvalue weighted by molar-refractivity contribution is 6.31. The van der Waals surface area contributed by atoms with E-state index in [2.05, 4.69) is 5.32 Å². The number of amides is 1. The molecular weight excluding hydrogens is 279 g/mol. The first-order valence-corrected chi connectivity index (χ1v) is 7.49. The van der Waals surface area contributed by atoms with Gasteiger partial charge in [0.15, 0.2) is 0 Å². The van der Waals surface area contributed by atoms with Crippen LogP contribution < -0.4 is 5.32 Å². The molecule has 1 aromatic carbocycles. The molecule has 5 heteroatoms. The first-order valence-electron chi connectivity index (χ1n) is 7.11. The van der Waals surface area contributed by atoms with E-state index < -0.39 is 5.82 Å². The first kappa shape index (κ1) is 13.8. The molecule has 2 aliphatic heterocycles. The number of rotatable bonds is 2. The van der Waals surface area contributed by atoms with Crippen molar-refractivity contribution >= 4 is 17.5 Å². The van der Waals surface area contributed by atoms with Crippen molar-refractivity contribution in [2.24, 2.45) is 0 Å². The van der Waals surface area contributed by atoms with E-state index in [-0.39, 0.29) is 18.4 Å². The number of carbonyl (C=O) groups excluding carboxylic acids is 1. The van der Waals surface area contributed by atoms with Gasteiger partial charge in [-0.05, 0) is 37.9 Å². The number of carbonyl (C=O) groups is 1. The lowest BCUT2D eigenvalue weighted by molar-refractivity contribution is -0.133. The van der Waals surface area contributed by atoms with E-state index >= 15 is 0 Å². The van der Waals surface area contributed by atoms with Crippen molar-refractivity contribution in [3.63, 3.8) is 0 Å². The van der Waals surface area contributed by atoms with Gasteiger partial charge in [0.25, 0.3) is 0 Å². The van der Waals surface area contributed by atoms with E-state index in [4.69, 9.17) is 11.6 Å². The van der Waals surface area contributed by atoms with E-state index in [0.717, 1.165) is 32.4 Å². The maximum Gasteiger partial charge on any atom is 0.227 e. The fraction of sp³-hybridized carbons (Fsp3) is 0.533. The maximum atomic E-state index is 13.8. The summed E-state index contributed by atoms with van der Waals surface area (Å²) in [5.74, 6) is -0.403. The summed E-state index contributed by atoms with van der Waals surface area (Å²) in [6, 6.07) is 5.10. The van der Waals surface area contributed by atoms with E-state index in [1.165, 1.54) is 6.07 Å². The second kappa shape index (κ2) is 5.70. The van der Waals surface area contributed by atoms with Gasteiger partial charge in [0, 0.05) is 29.2 Å². The second-order valence-corrected chi connectivity index (χ2v) is 5.96. The quantitative estimate of drug-likeness (QED) is 0.909. The fourth-order valence-electron chi connectivity index (χ4n) is 3.33. The van der Waals surface area contributed by atoms with Crippen LogP contribution in [0.4, 0.5) is 4.39 Å². The number of hydrogen-bond acceptors (Lipinski definition) is 2. The number of fused-ring (bicyclic) bond motifs is 2. The summed E-state index contributed by atoms with van der Waals surface area (Å²) in [5, 5.41) is 3.69. The minimum absolute atomic E-state index is 0.00630. The standard InChI is InChI=1S/C15H18ClFN2O/c16-13-2-1-3-14(17)12(13)8-15(20)19-10-4-5-11(19)9-18-7-6-10/h1-3,10-11,18H,4-9H2. The van der Waals surface area contributed by atoms with Gasteiger partial charge in [0.05, 0.1) is 6.42 Å². The topological polar surface area (TPSA) is 32.3 Å². The van der Waals surface area contributed by atoms with Gasteiger partial charge >= 0.3 is 0 Å². The fourth-order valence-corrected chi connectivity index (χ4v) is 3.56. The molecule has 1 N–H and O–H groups in total. The van der Waals surface area contributed by atoms with Gasteiger partial charge in [0.2, 0.25) is 5.91 Å². The Morgan fingerprint density at radius 1 is 1.35 bits per heavy atom. The van der Waals surface area contributed by atoms with Crippen molar-refractivity contribution in [3.05, 3.63) is 34.6 Å². The smallest absolute Gasteiger partial charge is 0.227 e. The van der Waals surface area contributed by atoms with Gasteiger partial charge in [-0.1, -0.05) is 17.7 Å². The number of nitrogens with zero attached hydrogens (tertiary/aromatic N) is 1. The zero-order chi connectivity index (χ0) is 14.1. The normalized spacial score (nSPS) is 25.6. The monoisotopic (exact) mass is 296 g/mol. The molecule has 3 rings (SSSR count). The SMILES string of the molecule is O=C(Cc1c(F)cccc1Cl)N1C2CCNCC1CC2. The van der Waals surface area contributed by atoms with Crippen LogP contribution in [0.3, 0.4) is 0 Å². The van der Waals surface area contributed by atoms with Gasteiger partial charge in [0.1, 0.15) is 5.82 Å². The molecule has 2 heterocycles. The van der Waals surface area contributed by atoms with Crippen LogP contribution in [0.1, 0.15) is 24.8 Å². The Labute approximate surface area is 123 Å². The minimum atomic E-state index is -0.397. The molecule has 1 amide bonds. The molecule has 2 bridgehead atoms. The van der Waals surface area contributed by atoms with Crippen molar-refractivity contribution in [2.45, 2.75) is 37.8 Å². The van der Waals surface area contributed by atoms with Crippen molar-refractivity contribution < 1.29 is 9.18 Å². The molecule has 2 unspecified atom stereocenters. The van der Waals surface area contributed by atoms with Crippen LogP contribution in [0.2, 0.25) is 5.02 Å². The number of benzene rings is 1. The lowest BCUT2D eigenvalue weighted by Gasteiger charge is -2.28. The van der Waals surface area contributed by atoms with Gasteiger partial charge in [-0.25, -0.2) is 4.39 Å². The van der Waals surface area contributed by atoms with E-state index in [9.17, 15) is 9.18 Å². The summed E-state index contributed by atoms with van der Waals surface area (Å²) >= 11 is 6.01. The average molecular weight is 297 g/mol. The summed E-state index contributed by atoms with van der Waals surface area (Å²) < 4.78 is 13.8. The zero-order valence-corrected chi connectivity index (χ0v) is 12.0. The Hall–Kier alpha value is -1.13. The molecule has 0 spiro atoms.